The first-order valence-electron chi connectivity index (χ1n) is 13.2. The van der Waals surface area contributed by atoms with E-state index in [4.69, 9.17) is 4.74 Å². The lowest BCUT2D eigenvalue weighted by atomic mass is 9.73. The van der Waals surface area contributed by atoms with Crippen LogP contribution >= 0.6 is 0 Å². The maximum Gasteiger partial charge on any atom is 0.338 e. The molecule has 1 saturated heterocycles. The Morgan fingerprint density at radius 3 is 2.29 bits per heavy atom. The highest BCUT2D eigenvalue weighted by atomic mass is 16.5. The van der Waals surface area contributed by atoms with Gasteiger partial charge in [0.25, 0.3) is 0 Å². The van der Waals surface area contributed by atoms with Crippen molar-refractivity contribution in [3.8, 4) is 0 Å². The number of esters is 1. The number of ether oxygens (including phenoxy) is 1. The predicted molar refractivity (Wildman–Crippen MR) is 142 cm³/mol. The van der Waals surface area contributed by atoms with Crippen molar-refractivity contribution in [3.05, 3.63) is 101 Å². The number of carbonyl (C=O) groups excluding carboxylic acids is 4. The van der Waals surface area contributed by atoms with E-state index in [0.717, 1.165) is 18.4 Å². The fourth-order valence-electron chi connectivity index (χ4n) is 6.80. The van der Waals surface area contributed by atoms with Crippen molar-refractivity contribution in [2.24, 2.45) is 23.7 Å². The highest BCUT2D eigenvalue weighted by molar-refractivity contribution is 6.23. The van der Waals surface area contributed by atoms with Gasteiger partial charge in [0, 0.05) is 5.56 Å². The number of Topliss-reactive ketones (excluding diaryl/α,β-unsaturated/α-hetero) is 1. The number of carbonyl (C=O) groups is 4. The molecular weight excluding hydrogens is 478 g/mol. The van der Waals surface area contributed by atoms with E-state index in [1.165, 1.54) is 23.5 Å². The molecule has 38 heavy (non-hydrogen) atoms. The summed E-state index contributed by atoms with van der Waals surface area (Å²) in [6, 6.07) is 23.7. The van der Waals surface area contributed by atoms with Crippen molar-refractivity contribution in [1.82, 2.24) is 0 Å². The first-order valence-corrected chi connectivity index (χ1v) is 13.2. The molecule has 2 saturated carbocycles. The normalized spacial score (nSPS) is 26.4. The Morgan fingerprint density at radius 1 is 0.842 bits per heavy atom. The van der Waals surface area contributed by atoms with Crippen LogP contribution in [0.2, 0.25) is 0 Å². The summed E-state index contributed by atoms with van der Waals surface area (Å²) in [6.07, 6.45) is 0.843. The second kappa shape index (κ2) is 9.35. The van der Waals surface area contributed by atoms with E-state index in [-0.39, 0.29) is 52.8 Å². The van der Waals surface area contributed by atoms with E-state index < -0.39 is 12.1 Å². The molecule has 2 bridgehead atoms. The fraction of sp³-hybridized carbons (Fsp3) is 0.312. The van der Waals surface area contributed by atoms with Crippen molar-refractivity contribution < 1.29 is 23.9 Å². The molecule has 3 aromatic carbocycles. The number of nitrogens with zero attached hydrogens (tertiary/aromatic N) is 1. The molecule has 0 spiro atoms. The van der Waals surface area contributed by atoms with Crippen LogP contribution in [0.1, 0.15) is 57.5 Å². The first kappa shape index (κ1) is 24.3. The van der Waals surface area contributed by atoms with Gasteiger partial charge in [0.15, 0.2) is 6.10 Å². The number of aryl methyl sites for hydroxylation is 1. The Morgan fingerprint density at radius 2 is 1.55 bits per heavy atom. The van der Waals surface area contributed by atoms with Gasteiger partial charge in [-0.2, -0.15) is 0 Å². The topological polar surface area (TPSA) is 80.8 Å². The lowest BCUT2D eigenvalue weighted by Gasteiger charge is -2.28. The summed E-state index contributed by atoms with van der Waals surface area (Å²) in [7, 11) is 0. The molecule has 6 rings (SSSR count). The molecular formula is C32H29NO5. The summed E-state index contributed by atoms with van der Waals surface area (Å²) < 4.78 is 5.46. The lowest BCUT2D eigenvalue weighted by molar-refractivity contribution is -0.123. The minimum atomic E-state index is -0.978. The van der Waals surface area contributed by atoms with Crippen LogP contribution in [0.25, 0.3) is 0 Å². The molecule has 6 atom stereocenters. The Kier molecular flexibility index (Phi) is 5.98. The van der Waals surface area contributed by atoms with Crippen molar-refractivity contribution in [2.45, 2.75) is 38.7 Å². The molecule has 6 nitrogen and oxygen atoms in total. The van der Waals surface area contributed by atoms with Crippen LogP contribution in [0.15, 0.2) is 78.9 Å². The van der Waals surface area contributed by atoms with Crippen LogP contribution < -0.4 is 4.90 Å². The molecule has 1 heterocycles. The van der Waals surface area contributed by atoms with Gasteiger partial charge >= 0.3 is 5.97 Å². The fourth-order valence-corrected chi connectivity index (χ4v) is 6.80. The molecule has 6 unspecified atom stereocenters. The van der Waals surface area contributed by atoms with Gasteiger partial charge in [-0.05, 0) is 68.2 Å². The number of hydrogen-bond donors (Lipinski definition) is 0. The largest absolute Gasteiger partial charge is 0.451 e. The minimum absolute atomic E-state index is 0.149. The molecule has 192 valence electrons. The van der Waals surface area contributed by atoms with Crippen LogP contribution in [0, 0.1) is 30.6 Å². The zero-order valence-corrected chi connectivity index (χ0v) is 21.4. The van der Waals surface area contributed by atoms with Crippen molar-refractivity contribution >= 4 is 29.3 Å². The number of hydrogen-bond acceptors (Lipinski definition) is 5. The van der Waals surface area contributed by atoms with E-state index in [1.807, 2.05) is 37.3 Å². The summed E-state index contributed by atoms with van der Waals surface area (Å²) in [5.74, 6) is -1.32. The van der Waals surface area contributed by atoms with Gasteiger partial charge in [-0.1, -0.05) is 66.2 Å². The standard InChI is InChI=1S/C32H29NO5/c1-18-11-13-21(14-12-18)29(34)19(2)38-32(37)22-9-6-10-24(15-22)33-30(35)27-23-16-25(20-7-4-3-5-8-20)26(17-23)28(27)31(33)36/h3-15,19,23,25-28H,16-17H2,1-2H3. The van der Waals surface area contributed by atoms with Crippen LogP contribution in [0.3, 0.4) is 0 Å². The van der Waals surface area contributed by atoms with Gasteiger partial charge in [-0.3, -0.25) is 19.3 Å². The molecule has 0 N–H and O–H groups in total. The third-order valence-electron chi connectivity index (χ3n) is 8.57. The van der Waals surface area contributed by atoms with Crippen LogP contribution in [0.5, 0.6) is 0 Å². The third-order valence-corrected chi connectivity index (χ3v) is 8.57. The third kappa shape index (κ3) is 3.95. The number of benzene rings is 3. The average molecular weight is 508 g/mol. The average Bonchev–Trinajstić information content (AvgIpc) is 3.60. The number of anilines is 1. The summed E-state index contributed by atoms with van der Waals surface area (Å²) in [4.78, 5) is 54.0. The summed E-state index contributed by atoms with van der Waals surface area (Å²) >= 11 is 0. The quantitative estimate of drug-likeness (QED) is 0.255. The van der Waals surface area contributed by atoms with Crippen molar-refractivity contribution in [2.75, 3.05) is 4.90 Å². The number of fused-ring (bicyclic) bond motifs is 5. The molecule has 6 heteroatoms. The molecule has 2 amide bonds. The van der Waals surface area contributed by atoms with Crippen molar-refractivity contribution in [1.29, 1.82) is 0 Å². The second-order valence-electron chi connectivity index (χ2n) is 10.8. The number of amides is 2. The zero-order valence-electron chi connectivity index (χ0n) is 21.4. The van der Waals surface area contributed by atoms with E-state index in [0.29, 0.717) is 11.3 Å². The Labute approximate surface area is 221 Å². The predicted octanol–water partition coefficient (Wildman–Crippen LogP) is 5.35. The molecule has 3 aliphatic rings. The maximum absolute atomic E-state index is 13.6. The van der Waals surface area contributed by atoms with Gasteiger partial charge in [0.05, 0.1) is 23.1 Å². The Balaban J connectivity index is 1.19. The van der Waals surface area contributed by atoms with Crippen molar-refractivity contribution in [3.63, 3.8) is 0 Å². The summed E-state index contributed by atoms with van der Waals surface area (Å²) in [6.45, 7) is 3.47. The zero-order chi connectivity index (χ0) is 26.6. The molecule has 3 aromatic rings. The number of ketones is 1. The minimum Gasteiger partial charge on any atom is -0.451 e. The number of rotatable bonds is 6. The van der Waals surface area contributed by atoms with Gasteiger partial charge in [0.1, 0.15) is 0 Å². The molecule has 0 radical (unpaired) electrons. The summed E-state index contributed by atoms with van der Waals surface area (Å²) in [5.41, 5.74) is 3.29. The van der Waals surface area contributed by atoms with Gasteiger partial charge < -0.3 is 4.74 Å². The van der Waals surface area contributed by atoms with Gasteiger partial charge in [0.2, 0.25) is 17.6 Å². The van der Waals surface area contributed by atoms with Gasteiger partial charge in [-0.15, -0.1) is 0 Å². The van der Waals surface area contributed by atoms with E-state index >= 15 is 0 Å². The van der Waals surface area contributed by atoms with Gasteiger partial charge in [-0.25, -0.2) is 4.79 Å². The highest BCUT2D eigenvalue weighted by Crippen LogP contribution is 2.61. The van der Waals surface area contributed by atoms with Crippen LogP contribution in [-0.2, 0) is 14.3 Å². The monoisotopic (exact) mass is 507 g/mol. The number of imide groups is 1. The van der Waals surface area contributed by atoms with Crippen LogP contribution in [-0.4, -0.2) is 29.7 Å². The lowest BCUT2D eigenvalue weighted by Crippen LogP contribution is -2.33. The smallest absolute Gasteiger partial charge is 0.338 e. The molecule has 1 aliphatic heterocycles. The Bertz CT molecular complexity index is 1430. The van der Waals surface area contributed by atoms with E-state index in [1.54, 1.807) is 30.3 Å². The molecule has 0 aromatic heterocycles. The Hall–Kier alpha value is -4.06. The maximum atomic E-state index is 13.6. The molecule has 2 aliphatic carbocycles. The highest BCUT2D eigenvalue weighted by Gasteiger charge is 2.64. The molecule has 3 fully saturated rings. The summed E-state index contributed by atoms with van der Waals surface area (Å²) in [5, 5.41) is 0. The first-order chi connectivity index (χ1) is 18.3. The van der Waals surface area contributed by atoms with Crippen LogP contribution in [0.4, 0.5) is 5.69 Å². The van der Waals surface area contributed by atoms with E-state index in [2.05, 4.69) is 12.1 Å². The van der Waals surface area contributed by atoms with E-state index in [9.17, 15) is 19.2 Å². The SMILES string of the molecule is Cc1ccc(C(=O)C(C)OC(=O)c2cccc(N3C(=O)C4C5CC(c6ccccc6)C(C5)C4C3=O)c2)cc1. The second-order valence-corrected chi connectivity index (χ2v) is 10.8.